The number of hydrogen-bond acceptors (Lipinski definition) is 7. The van der Waals surface area contributed by atoms with Crippen LogP contribution in [-0.2, 0) is 22.7 Å². The molecule has 0 spiro atoms. The number of hydrogen-bond donors (Lipinski definition) is 1. The third kappa shape index (κ3) is 9.24. The summed E-state index contributed by atoms with van der Waals surface area (Å²) in [6, 6.07) is 31.5. The van der Waals surface area contributed by atoms with Gasteiger partial charge >= 0.3 is 5.97 Å². The average molecular weight is 607 g/mol. The molecule has 0 aliphatic carbocycles. The SMILES string of the molecule is CCOC(=O)C1=Cc2ccc(OCc3ccccc3)cc2OCC1.OCC1=Cc2ccc(OCc3ccccc3)cc2OCC1. The van der Waals surface area contributed by atoms with E-state index in [1.807, 2.05) is 109 Å². The van der Waals surface area contributed by atoms with Gasteiger partial charge in [-0.25, -0.2) is 4.79 Å². The molecule has 0 unspecified atom stereocenters. The summed E-state index contributed by atoms with van der Waals surface area (Å²) >= 11 is 0. The minimum Gasteiger partial charge on any atom is -0.492 e. The number of rotatable bonds is 9. The highest BCUT2D eigenvalue weighted by atomic mass is 16.5. The van der Waals surface area contributed by atoms with E-state index in [0.29, 0.717) is 45.0 Å². The van der Waals surface area contributed by atoms with Crippen LogP contribution in [-0.4, -0.2) is 37.5 Å². The first-order chi connectivity index (χ1) is 22.1. The van der Waals surface area contributed by atoms with Crippen molar-refractivity contribution in [2.45, 2.75) is 33.0 Å². The van der Waals surface area contributed by atoms with Crippen LogP contribution in [0.15, 0.2) is 108 Å². The molecule has 232 valence electrons. The van der Waals surface area contributed by atoms with Crippen molar-refractivity contribution in [2.75, 3.05) is 26.4 Å². The van der Waals surface area contributed by atoms with E-state index in [4.69, 9.17) is 23.7 Å². The molecular weight excluding hydrogens is 568 g/mol. The number of aliphatic hydroxyl groups is 1. The van der Waals surface area contributed by atoms with Crippen LogP contribution in [0.25, 0.3) is 12.2 Å². The monoisotopic (exact) mass is 606 g/mol. The van der Waals surface area contributed by atoms with Crippen molar-refractivity contribution < 1.29 is 33.6 Å². The van der Waals surface area contributed by atoms with Gasteiger partial charge in [-0.05, 0) is 60.0 Å². The number of benzene rings is 4. The summed E-state index contributed by atoms with van der Waals surface area (Å²) in [7, 11) is 0. The van der Waals surface area contributed by atoms with E-state index in [2.05, 4.69) is 0 Å². The van der Waals surface area contributed by atoms with Gasteiger partial charge in [0.2, 0.25) is 0 Å². The molecule has 1 N–H and O–H groups in total. The first-order valence-electron chi connectivity index (χ1n) is 15.2. The first kappa shape index (κ1) is 31.4. The summed E-state index contributed by atoms with van der Waals surface area (Å²) in [4.78, 5) is 11.9. The van der Waals surface area contributed by atoms with Crippen molar-refractivity contribution in [2.24, 2.45) is 0 Å². The highest BCUT2D eigenvalue weighted by Crippen LogP contribution is 2.31. The minimum absolute atomic E-state index is 0.0784. The summed E-state index contributed by atoms with van der Waals surface area (Å²) in [5, 5.41) is 9.26. The lowest BCUT2D eigenvalue weighted by Gasteiger charge is -2.10. The second-order valence-corrected chi connectivity index (χ2v) is 10.5. The van der Waals surface area contributed by atoms with Gasteiger partial charge in [-0.15, -0.1) is 0 Å². The molecule has 0 atom stereocenters. The van der Waals surface area contributed by atoms with Gasteiger partial charge in [0.05, 0.1) is 26.4 Å². The third-order valence-corrected chi connectivity index (χ3v) is 7.21. The molecule has 0 aromatic heterocycles. The molecule has 0 saturated heterocycles. The van der Waals surface area contributed by atoms with Crippen LogP contribution in [0.3, 0.4) is 0 Å². The quantitative estimate of drug-likeness (QED) is 0.199. The molecular formula is C38H38O7. The Morgan fingerprint density at radius 3 is 1.78 bits per heavy atom. The van der Waals surface area contributed by atoms with E-state index in [1.54, 1.807) is 6.92 Å². The summed E-state index contributed by atoms with van der Waals surface area (Å²) in [6.07, 6.45) is 5.11. The van der Waals surface area contributed by atoms with Gasteiger partial charge in [0.25, 0.3) is 0 Å². The van der Waals surface area contributed by atoms with E-state index >= 15 is 0 Å². The average Bonchev–Trinajstić information content (AvgIpc) is 3.43. The summed E-state index contributed by atoms with van der Waals surface area (Å²) in [6.45, 7) is 4.32. The molecule has 0 saturated carbocycles. The number of carbonyl (C=O) groups is 1. The van der Waals surface area contributed by atoms with E-state index in [0.717, 1.165) is 57.2 Å². The van der Waals surface area contributed by atoms with Crippen LogP contribution in [0, 0.1) is 0 Å². The number of aliphatic hydroxyl groups excluding tert-OH is 1. The Balaban J connectivity index is 0.000000179. The summed E-state index contributed by atoms with van der Waals surface area (Å²) in [5.74, 6) is 2.78. The molecule has 0 bridgehead atoms. The van der Waals surface area contributed by atoms with Crippen molar-refractivity contribution >= 4 is 18.1 Å². The minimum atomic E-state index is -0.279. The smallest absolute Gasteiger partial charge is 0.334 e. The van der Waals surface area contributed by atoms with Crippen molar-refractivity contribution in [3.63, 3.8) is 0 Å². The Bertz CT molecular complexity index is 1610. The lowest BCUT2D eigenvalue weighted by Crippen LogP contribution is -2.09. The van der Waals surface area contributed by atoms with Crippen molar-refractivity contribution in [3.8, 4) is 23.0 Å². The number of esters is 1. The molecule has 4 aromatic rings. The fourth-order valence-corrected chi connectivity index (χ4v) is 4.80. The second kappa shape index (κ2) is 16.2. The molecule has 6 rings (SSSR count). The molecule has 4 aromatic carbocycles. The number of ether oxygens (including phenoxy) is 5. The predicted molar refractivity (Wildman–Crippen MR) is 174 cm³/mol. The van der Waals surface area contributed by atoms with Crippen molar-refractivity contribution in [3.05, 3.63) is 130 Å². The Morgan fingerprint density at radius 1 is 0.711 bits per heavy atom. The predicted octanol–water partition coefficient (Wildman–Crippen LogP) is 7.42. The summed E-state index contributed by atoms with van der Waals surface area (Å²) in [5.41, 5.74) is 5.72. The molecule has 7 nitrogen and oxygen atoms in total. The van der Waals surface area contributed by atoms with Gasteiger partial charge in [0.1, 0.15) is 36.2 Å². The van der Waals surface area contributed by atoms with E-state index in [1.165, 1.54) is 0 Å². The third-order valence-electron chi connectivity index (χ3n) is 7.21. The lowest BCUT2D eigenvalue weighted by molar-refractivity contribution is -0.138. The molecule has 0 radical (unpaired) electrons. The zero-order valence-electron chi connectivity index (χ0n) is 25.4. The van der Waals surface area contributed by atoms with Crippen LogP contribution in [0.4, 0.5) is 0 Å². The van der Waals surface area contributed by atoms with Gasteiger partial charge in [-0.2, -0.15) is 0 Å². The van der Waals surface area contributed by atoms with E-state index < -0.39 is 0 Å². The highest BCUT2D eigenvalue weighted by Gasteiger charge is 2.17. The number of carbonyl (C=O) groups excluding carboxylic acids is 1. The fourth-order valence-electron chi connectivity index (χ4n) is 4.80. The largest absolute Gasteiger partial charge is 0.492 e. The van der Waals surface area contributed by atoms with Crippen LogP contribution in [0.1, 0.15) is 42.0 Å². The molecule has 0 fully saturated rings. The fraction of sp³-hybridized carbons (Fsp3) is 0.237. The zero-order chi connectivity index (χ0) is 31.3. The van der Waals surface area contributed by atoms with Crippen LogP contribution < -0.4 is 18.9 Å². The maximum absolute atomic E-state index is 11.9. The Kier molecular flexibility index (Phi) is 11.3. The zero-order valence-corrected chi connectivity index (χ0v) is 25.4. The van der Waals surface area contributed by atoms with Gasteiger partial charge in [-0.3, -0.25) is 0 Å². The standard InChI is InChI=1S/C20H20O4.C18H18O3/c1-2-22-20(21)17-10-11-23-19-13-18(9-8-16(19)12-17)24-14-15-6-4-3-5-7-15;19-12-15-8-9-20-18-11-17(7-6-16(18)10-15)21-13-14-4-2-1-3-5-14/h3-9,12-13H,2,10-11,14H2,1H3;1-7,10-11,19H,8-9,12-13H2. The normalized spacial score (nSPS) is 13.4. The van der Waals surface area contributed by atoms with Gasteiger partial charge in [0.15, 0.2) is 0 Å². The van der Waals surface area contributed by atoms with E-state index in [-0.39, 0.29) is 12.6 Å². The molecule has 2 aliphatic rings. The Hall–Kier alpha value is -5.01. The maximum atomic E-state index is 11.9. The maximum Gasteiger partial charge on any atom is 0.334 e. The Labute approximate surface area is 264 Å². The van der Waals surface area contributed by atoms with Gasteiger partial charge < -0.3 is 28.8 Å². The topological polar surface area (TPSA) is 83.5 Å². The molecule has 0 amide bonds. The lowest BCUT2D eigenvalue weighted by atomic mass is 10.1. The Morgan fingerprint density at radius 2 is 1.24 bits per heavy atom. The van der Waals surface area contributed by atoms with Crippen molar-refractivity contribution in [1.29, 1.82) is 0 Å². The van der Waals surface area contributed by atoms with Crippen LogP contribution in [0.2, 0.25) is 0 Å². The first-order valence-corrected chi connectivity index (χ1v) is 15.2. The van der Waals surface area contributed by atoms with Crippen LogP contribution in [0.5, 0.6) is 23.0 Å². The molecule has 7 heteroatoms. The van der Waals surface area contributed by atoms with E-state index in [9.17, 15) is 9.90 Å². The van der Waals surface area contributed by atoms with Gasteiger partial charge in [0, 0.05) is 41.7 Å². The highest BCUT2D eigenvalue weighted by molar-refractivity contribution is 5.94. The van der Waals surface area contributed by atoms with Gasteiger partial charge in [-0.1, -0.05) is 60.7 Å². The summed E-state index contributed by atoms with van der Waals surface area (Å²) < 4.78 is 28.2. The van der Waals surface area contributed by atoms with Crippen molar-refractivity contribution in [1.82, 2.24) is 0 Å². The number of fused-ring (bicyclic) bond motifs is 2. The second-order valence-electron chi connectivity index (χ2n) is 10.5. The molecule has 2 aliphatic heterocycles. The van der Waals surface area contributed by atoms with Crippen LogP contribution >= 0.6 is 0 Å². The molecule has 45 heavy (non-hydrogen) atoms. The molecule has 2 heterocycles.